The Bertz CT molecular complexity index is 1590. The number of hydrogen-bond acceptors (Lipinski definition) is 2. The van der Waals surface area contributed by atoms with Gasteiger partial charge in [0.25, 0.3) is 0 Å². The van der Waals surface area contributed by atoms with Crippen molar-refractivity contribution in [1.29, 1.82) is 5.26 Å². The van der Waals surface area contributed by atoms with E-state index in [-0.39, 0.29) is 6.71 Å². The molecule has 0 bridgehead atoms. The Kier molecular flexibility index (Phi) is 3.15. The van der Waals surface area contributed by atoms with E-state index in [1.807, 2.05) is 17.8 Å². The fourth-order valence-corrected chi connectivity index (χ4v) is 6.63. The van der Waals surface area contributed by atoms with Crippen LogP contribution in [0, 0.1) is 11.3 Å². The summed E-state index contributed by atoms with van der Waals surface area (Å²) in [5.41, 5.74) is 7.31. The van der Waals surface area contributed by atoms with Crippen LogP contribution in [0.2, 0.25) is 0 Å². The van der Waals surface area contributed by atoms with Crippen LogP contribution in [-0.2, 0) is 0 Å². The molecule has 0 spiro atoms. The smallest absolute Gasteiger partial charge is 0.192 e. The summed E-state index contributed by atoms with van der Waals surface area (Å²) in [4.78, 5) is 2.70. The molecule has 0 aromatic heterocycles. The first-order chi connectivity index (χ1) is 14.8. The Labute approximate surface area is 179 Å². The van der Waals surface area contributed by atoms with Crippen LogP contribution < -0.4 is 16.4 Å². The molecular weight excluding hydrogens is 381 g/mol. The van der Waals surface area contributed by atoms with Crippen LogP contribution in [-0.4, -0.2) is 6.71 Å². The molecule has 136 valence electrons. The molecule has 0 fully saturated rings. The van der Waals surface area contributed by atoms with Crippen molar-refractivity contribution in [2.75, 3.05) is 0 Å². The lowest BCUT2D eigenvalue weighted by atomic mass is 9.33. The molecule has 0 amide bonds. The van der Waals surface area contributed by atoms with Crippen molar-refractivity contribution in [2.45, 2.75) is 9.79 Å². The van der Waals surface area contributed by atoms with Gasteiger partial charge in [0, 0.05) is 9.79 Å². The van der Waals surface area contributed by atoms with Crippen molar-refractivity contribution in [3.63, 3.8) is 0 Å². The van der Waals surface area contributed by atoms with Crippen molar-refractivity contribution in [3.8, 4) is 17.2 Å². The molecule has 5 aromatic carbocycles. The number of hydrogen-bond donors (Lipinski definition) is 0. The average molecular weight is 395 g/mol. The molecule has 0 N–H and O–H groups in total. The maximum atomic E-state index is 9.59. The number of rotatable bonds is 0. The topological polar surface area (TPSA) is 23.8 Å². The third-order valence-corrected chi connectivity index (χ3v) is 7.76. The van der Waals surface area contributed by atoms with E-state index in [0.29, 0.717) is 0 Å². The lowest BCUT2D eigenvalue weighted by Gasteiger charge is -2.33. The van der Waals surface area contributed by atoms with Gasteiger partial charge in [-0.25, -0.2) is 0 Å². The molecule has 2 aliphatic rings. The van der Waals surface area contributed by atoms with E-state index in [1.54, 1.807) is 0 Å². The number of nitriles is 1. The average Bonchev–Trinajstić information content (AvgIpc) is 2.81. The van der Waals surface area contributed by atoms with Gasteiger partial charge in [0.1, 0.15) is 0 Å². The fraction of sp³-hybridized carbons (Fsp3) is 0. The van der Waals surface area contributed by atoms with Crippen molar-refractivity contribution >= 4 is 56.4 Å². The molecule has 5 aromatic rings. The molecule has 0 aliphatic carbocycles. The molecule has 2 heterocycles. The Morgan fingerprint density at radius 2 is 1.60 bits per heavy atom. The summed E-state index contributed by atoms with van der Waals surface area (Å²) < 4.78 is 0. The zero-order valence-corrected chi connectivity index (χ0v) is 16.8. The molecule has 0 unspecified atom stereocenters. The summed E-state index contributed by atoms with van der Waals surface area (Å²) in [5.74, 6) is 0. The maximum absolute atomic E-state index is 9.59. The highest BCUT2D eigenvalue weighted by molar-refractivity contribution is 8.00. The van der Waals surface area contributed by atoms with Crippen LogP contribution in [0.5, 0.6) is 0 Å². The molecule has 3 heteroatoms. The zero-order chi connectivity index (χ0) is 19.8. The minimum atomic E-state index is 0.223. The van der Waals surface area contributed by atoms with Crippen LogP contribution in [0.25, 0.3) is 32.7 Å². The van der Waals surface area contributed by atoms with Gasteiger partial charge in [0.15, 0.2) is 0 Å². The van der Waals surface area contributed by atoms with Crippen LogP contribution in [0.1, 0.15) is 5.56 Å². The van der Waals surface area contributed by atoms with E-state index in [4.69, 9.17) is 0 Å². The minimum absolute atomic E-state index is 0.223. The molecule has 0 atom stereocenters. The monoisotopic (exact) mass is 395 g/mol. The summed E-state index contributed by atoms with van der Waals surface area (Å²) in [6.07, 6.45) is 0. The van der Waals surface area contributed by atoms with Gasteiger partial charge in [-0.05, 0) is 56.3 Å². The number of fused-ring (bicyclic) bond motifs is 6. The van der Waals surface area contributed by atoms with Gasteiger partial charge in [0.2, 0.25) is 6.71 Å². The van der Waals surface area contributed by atoms with E-state index in [1.165, 1.54) is 53.5 Å². The molecule has 0 radical (unpaired) electrons. The molecule has 1 nitrogen and oxygen atoms in total. The quantitative estimate of drug-likeness (QED) is 0.344. The van der Waals surface area contributed by atoms with Crippen LogP contribution in [0.4, 0.5) is 0 Å². The molecular formula is C27H14BNS. The Hall–Kier alpha value is -3.48. The van der Waals surface area contributed by atoms with Gasteiger partial charge in [-0.15, -0.1) is 0 Å². The third-order valence-electron chi connectivity index (χ3n) is 6.53. The lowest BCUT2D eigenvalue weighted by molar-refractivity contribution is 1.45. The van der Waals surface area contributed by atoms with Crippen molar-refractivity contribution in [1.82, 2.24) is 0 Å². The molecule has 7 rings (SSSR count). The van der Waals surface area contributed by atoms with Gasteiger partial charge in [-0.2, -0.15) is 5.26 Å². The highest BCUT2D eigenvalue weighted by atomic mass is 32.2. The normalized spacial score (nSPS) is 13.1. The maximum Gasteiger partial charge on any atom is 0.245 e. The van der Waals surface area contributed by atoms with Crippen molar-refractivity contribution in [3.05, 3.63) is 90.5 Å². The van der Waals surface area contributed by atoms with Crippen molar-refractivity contribution < 1.29 is 0 Å². The molecule has 0 saturated heterocycles. The fourth-order valence-electron chi connectivity index (χ4n) is 5.33. The first-order valence-corrected chi connectivity index (χ1v) is 10.9. The van der Waals surface area contributed by atoms with Gasteiger partial charge in [-0.1, -0.05) is 89.4 Å². The molecule has 2 aliphatic heterocycles. The van der Waals surface area contributed by atoms with Crippen LogP contribution >= 0.6 is 11.8 Å². The van der Waals surface area contributed by atoms with E-state index >= 15 is 0 Å². The summed E-state index contributed by atoms with van der Waals surface area (Å²) in [7, 11) is 0. The highest BCUT2D eigenvalue weighted by Gasteiger charge is 2.38. The second kappa shape index (κ2) is 5.78. The van der Waals surface area contributed by atoms with E-state index in [9.17, 15) is 5.26 Å². The number of benzene rings is 5. The van der Waals surface area contributed by atoms with E-state index in [2.05, 4.69) is 84.9 Å². The minimum Gasteiger partial charge on any atom is -0.192 e. The summed E-state index contributed by atoms with van der Waals surface area (Å²) in [6.45, 7) is 0.223. The SMILES string of the molecule is N#Cc1cc2c3c(cccc3c1)B1c3ccc4ccccc4c3Sc3cccc-2c31. The largest absolute Gasteiger partial charge is 0.245 e. The summed E-state index contributed by atoms with van der Waals surface area (Å²) in [5, 5.41) is 14.6. The van der Waals surface area contributed by atoms with Crippen LogP contribution in [0.3, 0.4) is 0 Å². The Morgan fingerprint density at radius 1 is 0.733 bits per heavy atom. The van der Waals surface area contributed by atoms with Gasteiger partial charge in [0.05, 0.1) is 11.6 Å². The second-order valence-corrected chi connectivity index (χ2v) is 9.09. The standard InChI is InChI=1S/C27H14BNS/c29-15-16-13-18-6-3-9-22-25(18)21(14-16)20-8-4-10-24-26(20)28(22)23-12-11-17-5-1-2-7-19(17)27(23)30-24/h1-14H. The highest BCUT2D eigenvalue weighted by Crippen LogP contribution is 2.40. The first-order valence-electron chi connectivity index (χ1n) is 10.1. The predicted molar refractivity (Wildman–Crippen MR) is 127 cm³/mol. The summed E-state index contributed by atoms with van der Waals surface area (Å²) >= 11 is 1.89. The van der Waals surface area contributed by atoms with Gasteiger partial charge in [-0.3, -0.25) is 0 Å². The summed E-state index contributed by atoms with van der Waals surface area (Å²) in [6, 6.07) is 32.9. The van der Waals surface area contributed by atoms with E-state index in [0.717, 1.165) is 10.9 Å². The molecule has 30 heavy (non-hydrogen) atoms. The van der Waals surface area contributed by atoms with Gasteiger partial charge < -0.3 is 0 Å². The first kappa shape index (κ1) is 16.3. The van der Waals surface area contributed by atoms with Gasteiger partial charge >= 0.3 is 0 Å². The van der Waals surface area contributed by atoms with Crippen molar-refractivity contribution in [2.24, 2.45) is 0 Å². The van der Waals surface area contributed by atoms with E-state index < -0.39 is 0 Å². The number of nitrogens with zero attached hydrogens (tertiary/aromatic N) is 1. The van der Waals surface area contributed by atoms with Crippen LogP contribution in [0.15, 0.2) is 94.7 Å². The Morgan fingerprint density at radius 3 is 2.53 bits per heavy atom. The lowest BCUT2D eigenvalue weighted by Crippen LogP contribution is -2.57. The second-order valence-electron chi connectivity index (χ2n) is 8.04. The molecule has 0 saturated carbocycles. The third kappa shape index (κ3) is 1.99. The zero-order valence-electron chi connectivity index (χ0n) is 16.0. The predicted octanol–water partition coefficient (Wildman–Crippen LogP) is 4.83. The Balaban J connectivity index is 1.66.